The van der Waals surface area contributed by atoms with Gasteiger partial charge in [-0.15, -0.1) is 0 Å². The van der Waals surface area contributed by atoms with Crippen molar-refractivity contribution >= 4 is 48.3 Å². The number of aliphatic carboxylic acids is 1. The number of benzene rings is 2. The predicted molar refractivity (Wildman–Crippen MR) is 162 cm³/mol. The fourth-order valence-corrected chi connectivity index (χ4v) is 5.25. The summed E-state index contributed by atoms with van der Waals surface area (Å²) in [6.07, 6.45) is 0.173. The summed E-state index contributed by atoms with van der Waals surface area (Å²) < 4.78 is 15.6. The van der Waals surface area contributed by atoms with Crippen molar-refractivity contribution in [3.63, 3.8) is 0 Å². The summed E-state index contributed by atoms with van der Waals surface area (Å²) in [6.45, 7) is 1.42. The molecule has 0 saturated heterocycles. The molecule has 0 saturated carbocycles. The highest BCUT2D eigenvalue weighted by molar-refractivity contribution is 7.46. The topological polar surface area (TPSA) is 241 Å². The highest BCUT2D eigenvalue weighted by atomic mass is 31.2. The van der Waals surface area contributed by atoms with Crippen molar-refractivity contribution in [2.24, 2.45) is 5.73 Å². The number of likely N-dealkylation sites (N-methyl/N-ethyl adjacent to an activating group) is 1. The van der Waals surface area contributed by atoms with Crippen LogP contribution in [0.4, 0.5) is 0 Å². The number of hydrogen-bond acceptors (Lipinski definition) is 7. The molecule has 0 aliphatic rings. The lowest BCUT2D eigenvalue weighted by Crippen LogP contribution is -2.54. The fraction of sp³-hybridized carbons (Fsp3) is 0.345. The SMILES string of the molecule is CC(=O)N[C@@H](Cc1ccc(OP(=O)(O)O)cc1)C(=O)N[C@@H](CCC(=O)O)C(=O)N(C)CCCc1c(C(N)=O)[nH]c2ccccc12. The van der Waals surface area contributed by atoms with Gasteiger partial charge in [-0.2, -0.15) is 0 Å². The van der Waals surface area contributed by atoms with Gasteiger partial charge in [0.1, 0.15) is 23.5 Å². The first-order valence-corrected chi connectivity index (χ1v) is 15.5. The lowest BCUT2D eigenvalue weighted by Gasteiger charge is -2.26. The Labute approximate surface area is 258 Å². The summed E-state index contributed by atoms with van der Waals surface area (Å²) >= 11 is 0. The zero-order valence-corrected chi connectivity index (χ0v) is 25.6. The van der Waals surface area contributed by atoms with E-state index >= 15 is 0 Å². The number of amides is 4. The number of primary amides is 1. The number of rotatable bonds is 16. The number of para-hydroxylation sites is 1. The summed E-state index contributed by atoms with van der Waals surface area (Å²) in [4.78, 5) is 84.2. The molecule has 2 atom stereocenters. The molecule has 8 N–H and O–H groups in total. The molecule has 2 aromatic carbocycles. The van der Waals surface area contributed by atoms with Crippen LogP contribution in [-0.2, 0) is 36.6 Å². The van der Waals surface area contributed by atoms with Crippen LogP contribution in [0.5, 0.6) is 5.75 Å². The number of fused-ring (bicyclic) bond motifs is 1. The summed E-state index contributed by atoms with van der Waals surface area (Å²) in [5, 5.41) is 15.2. The number of carbonyl (C=O) groups is 5. The molecule has 15 nitrogen and oxygen atoms in total. The van der Waals surface area contributed by atoms with Crippen molar-refractivity contribution in [3.8, 4) is 5.75 Å². The predicted octanol–water partition coefficient (Wildman–Crippen LogP) is 1.23. The Morgan fingerprint density at radius 3 is 2.29 bits per heavy atom. The zero-order valence-electron chi connectivity index (χ0n) is 24.7. The molecule has 1 aromatic heterocycles. The molecule has 0 radical (unpaired) electrons. The number of nitrogens with zero attached hydrogens (tertiary/aromatic N) is 1. The molecule has 0 aliphatic carbocycles. The number of phosphoric acid groups is 1. The van der Waals surface area contributed by atoms with Crippen molar-refractivity contribution in [2.45, 2.75) is 51.1 Å². The Hall–Kier alpha value is -4.72. The van der Waals surface area contributed by atoms with Gasteiger partial charge in [-0.25, -0.2) is 4.57 Å². The minimum atomic E-state index is -4.77. The zero-order chi connectivity index (χ0) is 33.3. The van der Waals surface area contributed by atoms with Crippen molar-refractivity contribution in [1.29, 1.82) is 0 Å². The highest BCUT2D eigenvalue weighted by Gasteiger charge is 2.29. The molecule has 16 heteroatoms. The number of carbonyl (C=O) groups excluding carboxylic acids is 4. The fourth-order valence-electron chi connectivity index (χ4n) is 4.85. The van der Waals surface area contributed by atoms with E-state index in [-0.39, 0.29) is 30.8 Å². The van der Waals surface area contributed by atoms with Gasteiger partial charge < -0.3 is 35.9 Å². The minimum Gasteiger partial charge on any atom is -0.481 e. The van der Waals surface area contributed by atoms with Crippen LogP contribution in [-0.4, -0.2) is 80.1 Å². The van der Waals surface area contributed by atoms with Crippen LogP contribution in [0.15, 0.2) is 48.5 Å². The Balaban J connectivity index is 1.70. The van der Waals surface area contributed by atoms with E-state index in [1.807, 2.05) is 24.3 Å². The van der Waals surface area contributed by atoms with Gasteiger partial charge >= 0.3 is 13.8 Å². The van der Waals surface area contributed by atoms with E-state index < -0.39 is 55.9 Å². The maximum absolute atomic E-state index is 13.4. The van der Waals surface area contributed by atoms with E-state index in [9.17, 15) is 33.6 Å². The van der Waals surface area contributed by atoms with Gasteiger partial charge in [0, 0.05) is 44.3 Å². The van der Waals surface area contributed by atoms with Crippen LogP contribution in [0, 0.1) is 0 Å². The first kappa shape index (κ1) is 34.8. The van der Waals surface area contributed by atoms with Gasteiger partial charge in [-0.1, -0.05) is 30.3 Å². The highest BCUT2D eigenvalue weighted by Crippen LogP contribution is 2.37. The number of aromatic amines is 1. The molecule has 242 valence electrons. The van der Waals surface area contributed by atoms with Crippen molar-refractivity contribution in [1.82, 2.24) is 20.5 Å². The molecule has 0 bridgehead atoms. The third-order valence-corrected chi connectivity index (χ3v) is 7.35. The van der Waals surface area contributed by atoms with Gasteiger partial charge in [0.2, 0.25) is 17.7 Å². The second kappa shape index (κ2) is 15.3. The number of aryl methyl sites for hydroxylation is 1. The number of hydrogen-bond donors (Lipinski definition) is 7. The van der Waals surface area contributed by atoms with E-state index in [1.54, 1.807) is 0 Å². The standard InChI is InChI=1S/C29H36N5O10P/c1-17(35)31-24(16-18-9-11-19(12-10-18)44-45(41,42)43)28(39)33-23(13-14-25(36)37)29(40)34(2)15-5-7-21-20-6-3-4-8-22(20)32-26(21)27(30)38/h3-4,6,8-12,23-24,32H,5,7,13-16H2,1-2H3,(H2,30,38)(H,31,35)(H,33,39)(H,36,37)(H2,41,42,43)/t23-,24-/m0/s1. The number of nitrogens with one attached hydrogen (secondary N) is 3. The summed E-state index contributed by atoms with van der Waals surface area (Å²) in [5.41, 5.74) is 7.80. The van der Waals surface area contributed by atoms with Crippen LogP contribution in [0.1, 0.15) is 47.8 Å². The molecule has 0 fully saturated rings. The lowest BCUT2D eigenvalue weighted by atomic mass is 10.0. The smallest absolute Gasteiger partial charge is 0.481 e. The average molecular weight is 646 g/mol. The molecule has 0 aliphatic heterocycles. The van der Waals surface area contributed by atoms with Gasteiger partial charge in [0.25, 0.3) is 5.91 Å². The van der Waals surface area contributed by atoms with Crippen LogP contribution >= 0.6 is 7.82 Å². The average Bonchev–Trinajstić information content (AvgIpc) is 3.33. The number of carboxylic acid groups (broad SMARTS) is 1. The van der Waals surface area contributed by atoms with Crippen molar-refractivity contribution in [3.05, 3.63) is 65.4 Å². The van der Waals surface area contributed by atoms with Crippen LogP contribution in [0.2, 0.25) is 0 Å². The van der Waals surface area contributed by atoms with Crippen LogP contribution in [0.25, 0.3) is 10.9 Å². The maximum Gasteiger partial charge on any atom is 0.524 e. The lowest BCUT2D eigenvalue weighted by molar-refractivity contribution is -0.139. The third-order valence-electron chi connectivity index (χ3n) is 6.90. The number of phosphoric ester groups is 1. The van der Waals surface area contributed by atoms with Gasteiger partial charge in [0.05, 0.1) is 0 Å². The van der Waals surface area contributed by atoms with Gasteiger partial charge in [-0.05, 0) is 48.6 Å². The Bertz CT molecular complexity index is 1600. The van der Waals surface area contributed by atoms with Crippen LogP contribution in [0.3, 0.4) is 0 Å². The van der Waals surface area contributed by atoms with Gasteiger partial charge in [-0.3, -0.25) is 33.8 Å². The van der Waals surface area contributed by atoms with Gasteiger partial charge in [0.15, 0.2) is 0 Å². The van der Waals surface area contributed by atoms with E-state index in [0.717, 1.165) is 10.9 Å². The first-order valence-electron chi connectivity index (χ1n) is 13.9. The largest absolute Gasteiger partial charge is 0.524 e. The van der Waals surface area contributed by atoms with E-state index in [2.05, 4.69) is 20.1 Å². The molecule has 0 unspecified atom stereocenters. The van der Waals surface area contributed by atoms with Crippen LogP contribution < -0.4 is 20.9 Å². The monoisotopic (exact) mass is 645 g/mol. The second-order valence-corrected chi connectivity index (χ2v) is 11.6. The normalized spacial score (nSPS) is 12.6. The summed E-state index contributed by atoms with van der Waals surface area (Å²) in [5.74, 6) is -3.69. The summed E-state index contributed by atoms with van der Waals surface area (Å²) in [6, 6.07) is 10.4. The van der Waals surface area contributed by atoms with E-state index in [1.165, 1.54) is 43.1 Å². The van der Waals surface area contributed by atoms with E-state index in [0.29, 0.717) is 24.0 Å². The van der Waals surface area contributed by atoms with Crippen molar-refractivity contribution < 1.29 is 48.0 Å². The molecule has 4 amide bonds. The number of carboxylic acids is 1. The molecular weight excluding hydrogens is 609 g/mol. The number of aromatic nitrogens is 1. The molecule has 3 rings (SSSR count). The number of nitrogens with two attached hydrogens (primary N) is 1. The Morgan fingerprint density at radius 2 is 1.69 bits per heavy atom. The molecule has 3 aromatic rings. The maximum atomic E-state index is 13.4. The third kappa shape index (κ3) is 10.4. The molecule has 0 spiro atoms. The molecule has 45 heavy (non-hydrogen) atoms. The minimum absolute atomic E-state index is 0.0515. The van der Waals surface area contributed by atoms with E-state index in [4.69, 9.17) is 15.5 Å². The first-order chi connectivity index (χ1) is 21.1. The quantitative estimate of drug-likeness (QED) is 0.110. The Kier molecular flexibility index (Phi) is 11.8. The molecule has 1 heterocycles. The summed E-state index contributed by atoms with van der Waals surface area (Å²) in [7, 11) is -3.25. The second-order valence-electron chi connectivity index (χ2n) is 10.4. The Morgan fingerprint density at radius 1 is 1.02 bits per heavy atom. The number of H-pyrrole nitrogens is 1. The molecular formula is C29H36N5O10P. The van der Waals surface area contributed by atoms with Crippen molar-refractivity contribution in [2.75, 3.05) is 13.6 Å².